The van der Waals surface area contributed by atoms with E-state index >= 15 is 0 Å². The van der Waals surface area contributed by atoms with Crippen molar-refractivity contribution in [3.63, 3.8) is 0 Å². The number of amides is 1. The molecule has 0 saturated carbocycles. The van der Waals surface area contributed by atoms with Gasteiger partial charge in [-0.15, -0.1) is 0 Å². The highest BCUT2D eigenvalue weighted by Crippen LogP contribution is 2.17. The highest BCUT2D eigenvalue weighted by Gasteiger charge is 2.18. The Kier molecular flexibility index (Phi) is 4.31. The van der Waals surface area contributed by atoms with E-state index in [0.29, 0.717) is 6.54 Å². The van der Waals surface area contributed by atoms with E-state index < -0.39 is 6.04 Å². The Hall–Kier alpha value is -2.13. The molecule has 0 bridgehead atoms. The minimum atomic E-state index is -0.457. The molecule has 1 atom stereocenters. The third kappa shape index (κ3) is 3.42. The number of nitrogens with two attached hydrogens (primary N) is 1. The average Bonchev–Trinajstić information content (AvgIpc) is 2.42. The quantitative estimate of drug-likeness (QED) is 0.860. The van der Waals surface area contributed by atoms with Gasteiger partial charge in [0.1, 0.15) is 6.04 Å². The summed E-state index contributed by atoms with van der Waals surface area (Å²) in [6.07, 6.45) is 0. The summed E-state index contributed by atoms with van der Waals surface area (Å²) in [6.45, 7) is 2.60. The largest absolute Gasteiger partial charge is 0.368 e. The van der Waals surface area contributed by atoms with Gasteiger partial charge in [0.2, 0.25) is 5.91 Å². The van der Waals surface area contributed by atoms with Crippen molar-refractivity contribution in [3.05, 3.63) is 71.3 Å². The molecule has 3 heteroatoms. The predicted molar refractivity (Wildman–Crippen MR) is 76.4 cm³/mol. The van der Waals surface area contributed by atoms with Crippen molar-refractivity contribution in [2.75, 3.05) is 0 Å². The summed E-state index contributed by atoms with van der Waals surface area (Å²) in [5.41, 5.74) is 8.63. The molecule has 1 amide bonds. The summed E-state index contributed by atoms with van der Waals surface area (Å²) in [4.78, 5) is 11.6. The number of nitrogens with one attached hydrogen (secondary N) is 1. The predicted octanol–water partition coefficient (Wildman–Crippen LogP) is 2.31. The molecule has 0 aromatic heterocycles. The zero-order valence-electron chi connectivity index (χ0n) is 11.0. The van der Waals surface area contributed by atoms with Gasteiger partial charge in [-0.25, -0.2) is 0 Å². The first-order valence-corrected chi connectivity index (χ1v) is 6.30. The van der Waals surface area contributed by atoms with Crippen LogP contribution in [0.25, 0.3) is 0 Å². The first-order valence-electron chi connectivity index (χ1n) is 6.30. The number of hydrogen-bond donors (Lipinski definition) is 2. The van der Waals surface area contributed by atoms with Crippen molar-refractivity contribution < 1.29 is 4.79 Å². The minimum Gasteiger partial charge on any atom is -0.368 e. The van der Waals surface area contributed by atoms with Crippen LogP contribution >= 0.6 is 0 Å². The van der Waals surface area contributed by atoms with Crippen LogP contribution in [-0.4, -0.2) is 5.91 Å². The molecule has 2 aromatic rings. The lowest BCUT2D eigenvalue weighted by Gasteiger charge is -2.18. The topological polar surface area (TPSA) is 55.1 Å². The van der Waals surface area contributed by atoms with E-state index in [1.165, 1.54) is 0 Å². The van der Waals surface area contributed by atoms with Gasteiger partial charge in [-0.05, 0) is 23.6 Å². The Balaban J connectivity index is 2.14. The van der Waals surface area contributed by atoms with Gasteiger partial charge in [-0.1, -0.05) is 54.6 Å². The number of carbonyl (C=O) groups excluding carboxylic acids is 1. The number of hydrogen-bond acceptors (Lipinski definition) is 2. The van der Waals surface area contributed by atoms with Gasteiger partial charge >= 0.3 is 0 Å². The lowest BCUT2D eigenvalue weighted by atomic mass is 10.0. The summed E-state index contributed by atoms with van der Waals surface area (Å²) in [6, 6.07) is 17.3. The monoisotopic (exact) mass is 254 g/mol. The molecule has 0 heterocycles. The fourth-order valence-corrected chi connectivity index (χ4v) is 2.09. The molecule has 1 unspecified atom stereocenters. The third-order valence-electron chi connectivity index (χ3n) is 3.14. The fraction of sp³-hybridized carbons (Fsp3) is 0.188. The molecular formula is C16H18N2O. The highest BCUT2D eigenvalue weighted by molar-refractivity contribution is 5.81. The van der Waals surface area contributed by atoms with Gasteiger partial charge < -0.3 is 5.73 Å². The molecule has 0 aliphatic carbocycles. The van der Waals surface area contributed by atoms with Crippen LogP contribution in [0.3, 0.4) is 0 Å². The van der Waals surface area contributed by atoms with Crippen LogP contribution in [0.2, 0.25) is 0 Å². The fourth-order valence-electron chi connectivity index (χ4n) is 2.09. The van der Waals surface area contributed by atoms with Gasteiger partial charge in [0.05, 0.1) is 0 Å². The zero-order valence-corrected chi connectivity index (χ0v) is 11.0. The standard InChI is InChI=1S/C16H18N2O/c1-12-7-5-6-10-14(12)15(16(17)19)18-11-13-8-3-2-4-9-13/h2-10,15,18H,11H2,1H3,(H2,17,19). The average molecular weight is 254 g/mol. The number of primary amides is 1. The number of aryl methyl sites for hydroxylation is 1. The normalized spacial score (nSPS) is 12.1. The van der Waals surface area contributed by atoms with Crippen LogP contribution < -0.4 is 11.1 Å². The van der Waals surface area contributed by atoms with Crippen molar-refractivity contribution in [2.45, 2.75) is 19.5 Å². The number of carbonyl (C=O) groups is 1. The van der Waals surface area contributed by atoms with Gasteiger partial charge in [-0.3, -0.25) is 10.1 Å². The Labute approximate surface area is 113 Å². The van der Waals surface area contributed by atoms with Crippen molar-refractivity contribution in [3.8, 4) is 0 Å². The third-order valence-corrected chi connectivity index (χ3v) is 3.14. The Morgan fingerprint density at radius 2 is 1.74 bits per heavy atom. The Bertz CT molecular complexity index is 552. The number of rotatable bonds is 5. The minimum absolute atomic E-state index is 0.356. The van der Waals surface area contributed by atoms with Crippen molar-refractivity contribution in [2.24, 2.45) is 5.73 Å². The maximum absolute atomic E-state index is 11.6. The maximum Gasteiger partial charge on any atom is 0.239 e. The van der Waals surface area contributed by atoms with E-state index in [9.17, 15) is 4.79 Å². The van der Waals surface area contributed by atoms with Gasteiger partial charge in [0, 0.05) is 6.54 Å². The summed E-state index contributed by atoms with van der Waals surface area (Å²) < 4.78 is 0. The van der Waals surface area contributed by atoms with E-state index in [0.717, 1.165) is 16.7 Å². The van der Waals surface area contributed by atoms with E-state index in [-0.39, 0.29) is 5.91 Å². The molecule has 19 heavy (non-hydrogen) atoms. The maximum atomic E-state index is 11.6. The van der Waals surface area contributed by atoms with Crippen LogP contribution in [-0.2, 0) is 11.3 Å². The van der Waals surface area contributed by atoms with Crippen LogP contribution in [0, 0.1) is 6.92 Å². The van der Waals surface area contributed by atoms with Crippen LogP contribution in [0.1, 0.15) is 22.7 Å². The molecule has 2 rings (SSSR count). The summed E-state index contributed by atoms with van der Waals surface area (Å²) in [5.74, 6) is -0.356. The molecule has 0 radical (unpaired) electrons. The molecule has 0 aliphatic rings. The Morgan fingerprint density at radius 1 is 1.11 bits per heavy atom. The second-order valence-electron chi connectivity index (χ2n) is 4.56. The highest BCUT2D eigenvalue weighted by atomic mass is 16.1. The second-order valence-corrected chi connectivity index (χ2v) is 4.56. The van der Waals surface area contributed by atoms with E-state index in [1.807, 2.05) is 61.5 Å². The van der Waals surface area contributed by atoms with Crippen molar-refractivity contribution in [1.82, 2.24) is 5.32 Å². The lowest BCUT2D eigenvalue weighted by Crippen LogP contribution is -2.33. The van der Waals surface area contributed by atoms with Crippen LogP contribution in [0.15, 0.2) is 54.6 Å². The first kappa shape index (κ1) is 13.3. The van der Waals surface area contributed by atoms with Crippen molar-refractivity contribution in [1.29, 1.82) is 0 Å². The van der Waals surface area contributed by atoms with E-state index in [2.05, 4.69) is 5.32 Å². The van der Waals surface area contributed by atoms with Gasteiger partial charge in [-0.2, -0.15) is 0 Å². The van der Waals surface area contributed by atoms with E-state index in [4.69, 9.17) is 5.73 Å². The smallest absolute Gasteiger partial charge is 0.239 e. The molecule has 98 valence electrons. The van der Waals surface area contributed by atoms with E-state index in [1.54, 1.807) is 0 Å². The Morgan fingerprint density at radius 3 is 2.37 bits per heavy atom. The molecule has 0 aliphatic heterocycles. The number of benzene rings is 2. The molecule has 0 spiro atoms. The zero-order chi connectivity index (χ0) is 13.7. The van der Waals surface area contributed by atoms with Gasteiger partial charge in [0.15, 0.2) is 0 Å². The molecule has 3 N–H and O–H groups in total. The van der Waals surface area contributed by atoms with Crippen molar-refractivity contribution >= 4 is 5.91 Å². The molecule has 3 nitrogen and oxygen atoms in total. The van der Waals surface area contributed by atoms with Crippen LogP contribution in [0.5, 0.6) is 0 Å². The van der Waals surface area contributed by atoms with Gasteiger partial charge in [0.25, 0.3) is 0 Å². The second kappa shape index (κ2) is 6.16. The summed E-state index contributed by atoms with van der Waals surface area (Å²) in [5, 5.41) is 3.22. The van der Waals surface area contributed by atoms with Crippen LogP contribution in [0.4, 0.5) is 0 Å². The summed E-state index contributed by atoms with van der Waals surface area (Å²) in [7, 11) is 0. The molecule has 0 fully saturated rings. The molecule has 0 saturated heterocycles. The molecule has 2 aromatic carbocycles. The lowest BCUT2D eigenvalue weighted by molar-refractivity contribution is -0.120. The first-order chi connectivity index (χ1) is 9.18. The molecular weight excluding hydrogens is 236 g/mol. The SMILES string of the molecule is Cc1ccccc1C(NCc1ccccc1)C(N)=O. The summed E-state index contributed by atoms with van der Waals surface area (Å²) >= 11 is 0.